The van der Waals surface area contributed by atoms with Crippen molar-refractivity contribution in [2.24, 2.45) is 0 Å². The lowest BCUT2D eigenvalue weighted by molar-refractivity contribution is -0.286. The smallest absolute Gasteiger partial charge is 0.415 e. The summed E-state index contributed by atoms with van der Waals surface area (Å²) in [6.07, 6.45) is 3.13. The van der Waals surface area contributed by atoms with Gasteiger partial charge in [0.25, 0.3) is 0 Å². The van der Waals surface area contributed by atoms with Crippen molar-refractivity contribution >= 4 is 39.7 Å². The van der Waals surface area contributed by atoms with Crippen molar-refractivity contribution in [3.05, 3.63) is 11.6 Å². The maximum atomic E-state index is 12.2. The summed E-state index contributed by atoms with van der Waals surface area (Å²) in [5.41, 5.74) is -0.0379. The van der Waals surface area contributed by atoms with E-state index in [1.807, 2.05) is 19.9 Å². The van der Waals surface area contributed by atoms with Gasteiger partial charge in [-0.25, -0.2) is 4.79 Å². The standard InChI is InChI=1S/C18H42O6Si4/c1-13-15-16(3)18(19)21-20-17(14-2)28(22-25(4,5)6,23-26(7,8)9)24-27(10,11)12/h15,17H,13-14H2,1-12H3. The Balaban J connectivity index is 5.97. The Morgan fingerprint density at radius 3 is 1.50 bits per heavy atom. The highest BCUT2D eigenvalue weighted by molar-refractivity contribution is 6.90. The maximum absolute atomic E-state index is 12.2. The van der Waals surface area contributed by atoms with Crippen molar-refractivity contribution in [3.63, 3.8) is 0 Å². The molecule has 0 saturated carbocycles. The zero-order chi connectivity index (χ0) is 22.4. The normalized spacial score (nSPS) is 15.5. The van der Waals surface area contributed by atoms with Crippen LogP contribution in [-0.2, 0) is 26.9 Å². The van der Waals surface area contributed by atoms with E-state index in [1.165, 1.54) is 0 Å². The van der Waals surface area contributed by atoms with Crippen LogP contribution in [0.4, 0.5) is 0 Å². The molecule has 0 heterocycles. The maximum Gasteiger partial charge on any atom is 0.504 e. The molecule has 0 bridgehead atoms. The monoisotopic (exact) mass is 466 g/mol. The molecule has 0 spiro atoms. The van der Waals surface area contributed by atoms with E-state index in [2.05, 4.69) is 58.9 Å². The Bertz CT molecular complexity index is 491. The molecule has 1 atom stereocenters. The average molecular weight is 467 g/mol. The second kappa shape index (κ2) is 10.8. The lowest BCUT2D eigenvalue weighted by Gasteiger charge is -2.45. The molecule has 0 fully saturated rings. The number of hydrogen-bond acceptors (Lipinski definition) is 6. The Kier molecular flexibility index (Phi) is 10.8. The van der Waals surface area contributed by atoms with Crippen LogP contribution in [0, 0.1) is 0 Å². The summed E-state index contributed by atoms with van der Waals surface area (Å²) >= 11 is 0. The van der Waals surface area contributed by atoms with Crippen LogP contribution in [0.1, 0.15) is 33.6 Å². The zero-order valence-electron chi connectivity index (χ0n) is 20.0. The molecule has 1 unspecified atom stereocenters. The molecule has 166 valence electrons. The van der Waals surface area contributed by atoms with Crippen molar-refractivity contribution in [3.8, 4) is 0 Å². The lowest BCUT2D eigenvalue weighted by atomic mass is 10.2. The number of hydrogen-bond donors (Lipinski definition) is 0. The van der Waals surface area contributed by atoms with Gasteiger partial charge in [-0.05, 0) is 78.7 Å². The van der Waals surface area contributed by atoms with Crippen molar-refractivity contribution in [2.75, 3.05) is 0 Å². The number of rotatable bonds is 12. The summed E-state index contributed by atoms with van der Waals surface area (Å²) in [4.78, 5) is 23.1. The first-order valence-corrected chi connectivity index (χ1v) is 22.1. The molecule has 0 rings (SSSR count). The van der Waals surface area contributed by atoms with Crippen LogP contribution in [0.25, 0.3) is 0 Å². The van der Waals surface area contributed by atoms with Gasteiger partial charge in [0, 0.05) is 5.57 Å². The molecule has 10 heteroatoms. The Labute approximate surface area is 176 Å². The first-order valence-electron chi connectivity index (χ1n) is 10.1. The largest absolute Gasteiger partial charge is 0.504 e. The van der Waals surface area contributed by atoms with Gasteiger partial charge in [0.2, 0.25) is 0 Å². The number of carbonyl (C=O) groups excluding carboxylic acids is 1. The lowest BCUT2D eigenvalue weighted by Crippen LogP contribution is -2.67. The fourth-order valence-electron chi connectivity index (χ4n) is 2.47. The van der Waals surface area contributed by atoms with E-state index in [0.717, 1.165) is 6.42 Å². The van der Waals surface area contributed by atoms with Gasteiger partial charge in [-0.15, -0.1) is 0 Å². The second-order valence-electron chi connectivity index (χ2n) is 9.91. The van der Waals surface area contributed by atoms with Crippen LogP contribution in [0.5, 0.6) is 0 Å². The van der Waals surface area contributed by atoms with Gasteiger partial charge < -0.3 is 12.3 Å². The van der Waals surface area contributed by atoms with E-state index in [1.54, 1.807) is 6.92 Å². The molecule has 0 aliphatic carbocycles. The summed E-state index contributed by atoms with van der Waals surface area (Å²) in [6, 6.07) is 0. The van der Waals surface area contributed by atoms with Crippen LogP contribution in [0.2, 0.25) is 58.9 Å². The van der Waals surface area contributed by atoms with Gasteiger partial charge in [0.05, 0.1) is 0 Å². The second-order valence-corrected chi connectivity index (χ2v) is 26.9. The van der Waals surface area contributed by atoms with Crippen LogP contribution in [-0.4, -0.2) is 45.5 Å². The molecule has 0 aromatic rings. The molecular weight excluding hydrogens is 425 g/mol. The fraction of sp³-hybridized carbons (Fsp3) is 0.833. The van der Waals surface area contributed by atoms with Gasteiger partial charge >= 0.3 is 14.8 Å². The average Bonchev–Trinajstić information content (AvgIpc) is 2.41. The molecule has 6 nitrogen and oxygen atoms in total. The Morgan fingerprint density at radius 2 is 1.21 bits per heavy atom. The summed E-state index contributed by atoms with van der Waals surface area (Å²) < 4.78 is 19.9. The van der Waals surface area contributed by atoms with E-state index in [-0.39, 0.29) is 0 Å². The van der Waals surface area contributed by atoms with E-state index in [0.29, 0.717) is 12.0 Å². The van der Waals surface area contributed by atoms with Gasteiger partial charge in [0.15, 0.2) is 30.7 Å². The van der Waals surface area contributed by atoms with Gasteiger partial charge in [-0.3, -0.25) is 4.89 Å². The third kappa shape index (κ3) is 11.2. The highest BCUT2D eigenvalue weighted by Crippen LogP contribution is 2.31. The third-order valence-corrected chi connectivity index (χ3v) is 15.2. The molecule has 0 aromatic heterocycles. The SMILES string of the molecule is CCC=C(C)C(=O)OOC(CC)[Si](O[Si](C)(C)C)(O[Si](C)(C)C)O[Si](C)(C)C. The summed E-state index contributed by atoms with van der Waals surface area (Å²) in [6.45, 7) is 24.7. The van der Waals surface area contributed by atoms with E-state index in [9.17, 15) is 4.79 Å². The van der Waals surface area contributed by atoms with Crippen LogP contribution < -0.4 is 0 Å². The highest BCUT2D eigenvalue weighted by atomic mass is 28.5. The van der Waals surface area contributed by atoms with E-state index in [4.69, 9.17) is 22.1 Å². The summed E-state index contributed by atoms with van der Waals surface area (Å²) in [5, 5.41) is 0. The molecule has 0 aromatic carbocycles. The Hall–Kier alpha value is -0.0825. The van der Waals surface area contributed by atoms with E-state index < -0.39 is 45.5 Å². The predicted molar refractivity (Wildman–Crippen MR) is 124 cm³/mol. The van der Waals surface area contributed by atoms with Crippen molar-refractivity contribution in [1.82, 2.24) is 0 Å². The van der Waals surface area contributed by atoms with Crippen LogP contribution in [0.3, 0.4) is 0 Å². The van der Waals surface area contributed by atoms with Crippen LogP contribution >= 0.6 is 0 Å². The first-order chi connectivity index (χ1) is 12.4. The molecule has 0 N–H and O–H groups in total. The molecule has 0 aliphatic rings. The number of carbonyl (C=O) groups is 1. The molecule has 0 saturated heterocycles. The Morgan fingerprint density at radius 1 is 0.821 bits per heavy atom. The highest BCUT2D eigenvalue weighted by Gasteiger charge is 2.57. The predicted octanol–water partition coefficient (Wildman–Crippen LogP) is 5.63. The van der Waals surface area contributed by atoms with Crippen molar-refractivity contribution < 1.29 is 26.9 Å². The van der Waals surface area contributed by atoms with Gasteiger partial charge in [-0.1, -0.05) is 19.9 Å². The van der Waals surface area contributed by atoms with E-state index >= 15 is 0 Å². The van der Waals surface area contributed by atoms with Crippen LogP contribution in [0.15, 0.2) is 11.6 Å². The van der Waals surface area contributed by atoms with Gasteiger partial charge in [0.1, 0.15) is 0 Å². The molecule has 0 aliphatic heterocycles. The van der Waals surface area contributed by atoms with Crippen molar-refractivity contribution in [1.29, 1.82) is 0 Å². The summed E-state index contributed by atoms with van der Waals surface area (Å²) in [7, 11) is -9.40. The third-order valence-electron chi connectivity index (χ3n) is 3.18. The minimum atomic E-state index is -3.29. The van der Waals surface area contributed by atoms with Gasteiger partial charge in [-0.2, -0.15) is 4.89 Å². The molecular formula is C18H42O6Si4. The molecule has 0 amide bonds. The number of allylic oxidation sites excluding steroid dienone is 1. The molecule has 0 radical (unpaired) electrons. The fourth-order valence-corrected chi connectivity index (χ4v) is 16.6. The first kappa shape index (κ1) is 27.9. The summed E-state index contributed by atoms with van der Waals surface area (Å²) in [5.74, 6) is -0.489. The quantitative estimate of drug-likeness (QED) is 0.161. The zero-order valence-corrected chi connectivity index (χ0v) is 24.0. The molecule has 28 heavy (non-hydrogen) atoms. The minimum absolute atomic E-state index is 0.489. The topological polar surface area (TPSA) is 63.2 Å². The van der Waals surface area contributed by atoms with Crippen molar-refractivity contribution in [2.45, 2.75) is 98.3 Å². The minimum Gasteiger partial charge on any atom is -0.415 e.